The van der Waals surface area contributed by atoms with E-state index >= 15 is 0 Å². The molecule has 1 aliphatic heterocycles. The Hall–Kier alpha value is -1.96. The zero-order valence-corrected chi connectivity index (χ0v) is 14.8. The molecule has 1 aromatic rings. The van der Waals surface area contributed by atoms with E-state index in [4.69, 9.17) is 0 Å². The third-order valence-electron chi connectivity index (χ3n) is 4.03. The number of hydrogen-bond acceptors (Lipinski definition) is 5. The first-order valence-corrected chi connectivity index (χ1v) is 9.94. The van der Waals surface area contributed by atoms with Crippen molar-refractivity contribution in [3.05, 3.63) is 29.6 Å². The van der Waals surface area contributed by atoms with E-state index < -0.39 is 9.84 Å². The molecular weight excluding hydrogens is 330 g/mol. The molecule has 0 aromatic carbocycles. The summed E-state index contributed by atoms with van der Waals surface area (Å²) < 4.78 is 23.3. The third kappa shape index (κ3) is 4.31. The molecule has 1 fully saturated rings. The highest BCUT2D eigenvalue weighted by molar-refractivity contribution is 7.91. The van der Waals surface area contributed by atoms with Crippen molar-refractivity contribution in [2.24, 2.45) is 0 Å². The van der Waals surface area contributed by atoms with Crippen LogP contribution in [0, 0.1) is 0 Å². The van der Waals surface area contributed by atoms with E-state index in [1.54, 1.807) is 4.90 Å². The Balaban J connectivity index is 2.17. The topological polar surface area (TPSA) is 96.4 Å². The zero-order valence-electron chi connectivity index (χ0n) is 14.0. The number of sulfone groups is 1. The van der Waals surface area contributed by atoms with Gasteiger partial charge in [-0.25, -0.2) is 8.42 Å². The fourth-order valence-corrected chi connectivity index (χ4v) is 4.51. The lowest BCUT2D eigenvalue weighted by atomic mass is 10.1. The first-order chi connectivity index (χ1) is 11.4. The van der Waals surface area contributed by atoms with Gasteiger partial charge in [-0.3, -0.25) is 14.6 Å². The van der Waals surface area contributed by atoms with Crippen LogP contribution in [0.25, 0.3) is 0 Å². The summed E-state index contributed by atoms with van der Waals surface area (Å²) in [6.07, 6.45) is 4.09. The van der Waals surface area contributed by atoms with Crippen molar-refractivity contribution in [1.29, 1.82) is 0 Å². The van der Waals surface area contributed by atoms with Crippen molar-refractivity contribution >= 4 is 21.7 Å². The molecule has 1 N–H and O–H groups in total. The average molecular weight is 353 g/mol. The predicted octanol–water partition coefficient (Wildman–Crippen LogP) is 0.871. The number of aromatic nitrogens is 1. The van der Waals surface area contributed by atoms with E-state index in [2.05, 4.69) is 10.3 Å². The van der Waals surface area contributed by atoms with Gasteiger partial charge in [0.15, 0.2) is 9.84 Å². The standard InChI is InChI=1S/C16H23N3O4S/c1-3-6-18-15(20)12-8-13(10-17-9-12)16(21)19(4-2)14-5-7-24(22,23)11-14/h8-10,14H,3-7,11H2,1-2H3,(H,18,20). The Labute approximate surface area is 142 Å². The fraction of sp³-hybridized carbons (Fsp3) is 0.562. The normalized spacial score (nSPS) is 19.0. The Bertz CT molecular complexity index is 718. The quantitative estimate of drug-likeness (QED) is 0.818. The maximum Gasteiger partial charge on any atom is 0.255 e. The molecule has 0 spiro atoms. The molecule has 0 radical (unpaired) electrons. The minimum atomic E-state index is -3.07. The molecule has 132 valence electrons. The summed E-state index contributed by atoms with van der Waals surface area (Å²) in [6.45, 7) is 4.73. The number of pyridine rings is 1. The lowest BCUT2D eigenvalue weighted by molar-refractivity contribution is 0.0708. The van der Waals surface area contributed by atoms with E-state index in [1.165, 1.54) is 18.5 Å². The maximum atomic E-state index is 12.7. The Morgan fingerprint density at radius 3 is 2.58 bits per heavy atom. The molecule has 0 bridgehead atoms. The summed E-state index contributed by atoms with van der Waals surface area (Å²) in [5, 5.41) is 2.74. The van der Waals surface area contributed by atoms with E-state index in [9.17, 15) is 18.0 Å². The second-order valence-electron chi connectivity index (χ2n) is 5.87. The van der Waals surface area contributed by atoms with E-state index in [-0.39, 0.29) is 29.4 Å². The van der Waals surface area contributed by atoms with Crippen molar-refractivity contribution in [3.63, 3.8) is 0 Å². The molecule has 0 saturated carbocycles. The lowest BCUT2D eigenvalue weighted by Gasteiger charge is -2.26. The smallest absolute Gasteiger partial charge is 0.255 e. The summed E-state index contributed by atoms with van der Waals surface area (Å²) >= 11 is 0. The third-order valence-corrected chi connectivity index (χ3v) is 5.78. The van der Waals surface area contributed by atoms with Gasteiger partial charge in [0.25, 0.3) is 11.8 Å². The summed E-state index contributed by atoms with van der Waals surface area (Å²) in [5.41, 5.74) is 0.620. The van der Waals surface area contributed by atoms with Gasteiger partial charge < -0.3 is 10.2 Å². The Morgan fingerprint density at radius 2 is 2.00 bits per heavy atom. The highest BCUT2D eigenvalue weighted by Gasteiger charge is 2.34. The van der Waals surface area contributed by atoms with Crippen LogP contribution >= 0.6 is 0 Å². The molecule has 1 saturated heterocycles. The van der Waals surface area contributed by atoms with Crippen LogP contribution in [0.2, 0.25) is 0 Å². The molecule has 2 heterocycles. The molecule has 1 aromatic heterocycles. The van der Waals surface area contributed by atoms with Gasteiger partial charge in [0.05, 0.1) is 22.6 Å². The van der Waals surface area contributed by atoms with Crippen LogP contribution in [0.5, 0.6) is 0 Å². The van der Waals surface area contributed by atoms with Crippen molar-refractivity contribution < 1.29 is 18.0 Å². The number of carbonyl (C=O) groups is 2. The molecule has 1 unspecified atom stereocenters. The lowest BCUT2D eigenvalue weighted by Crippen LogP contribution is -2.41. The molecular formula is C16H23N3O4S. The number of nitrogens with zero attached hydrogens (tertiary/aromatic N) is 2. The molecule has 7 nitrogen and oxygen atoms in total. The van der Waals surface area contributed by atoms with Gasteiger partial charge >= 0.3 is 0 Å². The number of nitrogens with one attached hydrogen (secondary N) is 1. The van der Waals surface area contributed by atoms with Crippen molar-refractivity contribution in [2.75, 3.05) is 24.6 Å². The number of amides is 2. The minimum Gasteiger partial charge on any atom is -0.352 e. The van der Waals surface area contributed by atoms with Crippen LogP contribution in [0.15, 0.2) is 18.5 Å². The van der Waals surface area contributed by atoms with Crippen LogP contribution in [0.4, 0.5) is 0 Å². The number of carbonyl (C=O) groups excluding carboxylic acids is 2. The number of rotatable bonds is 6. The molecule has 8 heteroatoms. The van der Waals surface area contributed by atoms with Crippen molar-refractivity contribution in [2.45, 2.75) is 32.7 Å². The first kappa shape index (κ1) is 18.4. The largest absolute Gasteiger partial charge is 0.352 e. The maximum absolute atomic E-state index is 12.7. The van der Waals surface area contributed by atoms with Crippen LogP contribution in [0.1, 0.15) is 47.4 Å². The van der Waals surface area contributed by atoms with Crippen LogP contribution < -0.4 is 5.32 Å². The molecule has 0 aliphatic carbocycles. The first-order valence-electron chi connectivity index (χ1n) is 8.12. The van der Waals surface area contributed by atoms with Gasteiger partial charge in [-0.1, -0.05) is 6.92 Å². The summed E-state index contributed by atoms with van der Waals surface area (Å²) in [4.78, 5) is 30.3. The molecule has 2 rings (SSSR count). The van der Waals surface area contributed by atoms with Crippen LogP contribution in [-0.4, -0.2) is 60.8 Å². The second kappa shape index (κ2) is 7.74. The van der Waals surface area contributed by atoms with Gasteiger partial charge in [-0.05, 0) is 25.8 Å². The monoisotopic (exact) mass is 353 g/mol. The summed E-state index contributed by atoms with van der Waals surface area (Å²) in [7, 11) is -3.07. The molecule has 1 atom stereocenters. The number of hydrogen-bond donors (Lipinski definition) is 1. The van der Waals surface area contributed by atoms with Gasteiger partial charge in [0.2, 0.25) is 0 Å². The van der Waals surface area contributed by atoms with Crippen LogP contribution in [-0.2, 0) is 9.84 Å². The highest BCUT2D eigenvalue weighted by atomic mass is 32.2. The summed E-state index contributed by atoms with van der Waals surface area (Å²) in [5.74, 6) is -0.460. The molecule has 2 amide bonds. The van der Waals surface area contributed by atoms with Gasteiger partial charge in [-0.15, -0.1) is 0 Å². The van der Waals surface area contributed by atoms with Gasteiger partial charge in [0.1, 0.15) is 0 Å². The Kier molecular flexibility index (Phi) is 5.93. The fourth-order valence-electron chi connectivity index (χ4n) is 2.78. The van der Waals surface area contributed by atoms with E-state index in [0.29, 0.717) is 30.6 Å². The molecule has 24 heavy (non-hydrogen) atoms. The van der Waals surface area contributed by atoms with Crippen molar-refractivity contribution in [3.8, 4) is 0 Å². The highest BCUT2D eigenvalue weighted by Crippen LogP contribution is 2.20. The SMILES string of the molecule is CCCNC(=O)c1cncc(C(=O)N(CC)C2CCS(=O)(=O)C2)c1. The zero-order chi connectivity index (χ0) is 17.7. The minimum absolute atomic E-state index is 0.00329. The second-order valence-corrected chi connectivity index (χ2v) is 8.09. The Morgan fingerprint density at radius 1 is 1.29 bits per heavy atom. The van der Waals surface area contributed by atoms with Crippen LogP contribution in [0.3, 0.4) is 0 Å². The van der Waals surface area contributed by atoms with Gasteiger partial charge in [0, 0.05) is 31.5 Å². The van der Waals surface area contributed by atoms with E-state index in [0.717, 1.165) is 6.42 Å². The summed E-state index contributed by atoms with van der Waals surface area (Å²) in [6, 6.07) is 1.19. The van der Waals surface area contributed by atoms with Gasteiger partial charge in [-0.2, -0.15) is 0 Å². The predicted molar refractivity (Wildman–Crippen MR) is 90.6 cm³/mol. The van der Waals surface area contributed by atoms with E-state index in [1.807, 2.05) is 13.8 Å². The average Bonchev–Trinajstić information content (AvgIpc) is 2.93. The molecule has 1 aliphatic rings. The van der Waals surface area contributed by atoms with Crippen molar-refractivity contribution in [1.82, 2.24) is 15.2 Å².